The van der Waals surface area contributed by atoms with E-state index in [0.29, 0.717) is 6.54 Å². The number of aryl methyl sites for hydroxylation is 1. The van der Waals surface area contributed by atoms with Crippen molar-refractivity contribution < 1.29 is 19.4 Å². The normalized spacial score (nSPS) is 36.3. The van der Waals surface area contributed by atoms with Gasteiger partial charge in [0, 0.05) is 17.6 Å². The number of anilines is 1. The molecule has 2 bridgehead atoms. The van der Waals surface area contributed by atoms with Crippen LogP contribution in [0.3, 0.4) is 0 Å². The molecule has 0 aliphatic carbocycles. The second kappa shape index (κ2) is 3.95. The molecule has 108 valence electrons. The van der Waals surface area contributed by atoms with Gasteiger partial charge < -0.3 is 19.5 Å². The van der Waals surface area contributed by atoms with Crippen LogP contribution in [0, 0.1) is 18.8 Å². The Balaban J connectivity index is 1.73. The fourth-order valence-electron chi connectivity index (χ4n) is 3.71. The summed E-state index contributed by atoms with van der Waals surface area (Å²) in [5.74, 6) is -2.98. The maximum atomic E-state index is 12.7. The van der Waals surface area contributed by atoms with Gasteiger partial charge in [0.25, 0.3) is 0 Å². The molecule has 1 aromatic carbocycles. The molecule has 1 spiro atoms. The van der Waals surface area contributed by atoms with Crippen LogP contribution in [0.25, 0.3) is 0 Å². The number of ether oxygens (including phenoxy) is 1. The highest BCUT2D eigenvalue weighted by molar-refractivity contribution is 6.02. The highest BCUT2D eigenvalue weighted by Crippen LogP contribution is 2.52. The zero-order valence-electron chi connectivity index (χ0n) is 11.5. The van der Waals surface area contributed by atoms with Gasteiger partial charge in [-0.2, -0.15) is 0 Å². The Bertz CT molecular complexity index is 665. The monoisotopic (exact) mass is 284 g/mol. The van der Waals surface area contributed by atoms with Crippen molar-refractivity contribution >= 4 is 17.6 Å². The van der Waals surface area contributed by atoms with E-state index in [1.807, 2.05) is 37.3 Å². The molecule has 21 heavy (non-hydrogen) atoms. The number of amides is 1. The van der Waals surface area contributed by atoms with Crippen molar-refractivity contribution in [1.29, 1.82) is 0 Å². The predicted molar refractivity (Wildman–Crippen MR) is 72.3 cm³/mol. The second-order valence-electron chi connectivity index (χ2n) is 5.98. The van der Waals surface area contributed by atoms with Crippen molar-refractivity contribution in [3.05, 3.63) is 42.0 Å². The van der Waals surface area contributed by atoms with Crippen molar-refractivity contribution in [2.24, 2.45) is 11.8 Å². The maximum absolute atomic E-state index is 12.7. The van der Waals surface area contributed by atoms with Crippen molar-refractivity contribution in [1.82, 2.24) is 0 Å². The number of carbonyl (C=O) groups is 2. The molecule has 0 saturated carbocycles. The van der Waals surface area contributed by atoms with E-state index in [9.17, 15) is 14.7 Å². The molecule has 5 nitrogen and oxygen atoms in total. The van der Waals surface area contributed by atoms with Crippen molar-refractivity contribution in [3.8, 4) is 0 Å². The van der Waals surface area contributed by atoms with E-state index >= 15 is 0 Å². The Morgan fingerprint density at radius 1 is 1.38 bits per heavy atom. The topological polar surface area (TPSA) is 69.7 Å². The van der Waals surface area contributed by atoms with Crippen LogP contribution < -0.4 is 10.0 Å². The summed E-state index contributed by atoms with van der Waals surface area (Å²) in [6.45, 7) is 2.33. The third-order valence-corrected chi connectivity index (χ3v) is 4.72. The van der Waals surface area contributed by atoms with Crippen LogP contribution >= 0.6 is 0 Å². The summed E-state index contributed by atoms with van der Waals surface area (Å²) in [6, 6.07) is 7.60. The first kappa shape index (κ1) is 12.6. The summed E-state index contributed by atoms with van der Waals surface area (Å²) in [5.41, 5.74) is 1.07. The number of carboxylic acids is 1. The molecule has 3 aliphatic rings. The lowest BCUT2D eigenvalue weighted by Gasteiger charge is -2.24. The van der Waals surface area contributed by atoms with Gasteiger partial charge in [-0.05, 0) is 19.1 Å². The summed E-state index contributed by atoms with van der Waals surface area (Å²) in [7, 11) is 0. The Morgan fingerprint density at radius 2 is 2.10 bits per heavy atom. The molecular formula is C16H14NO4-. The van der Waals surface area contributed by atoms with Gasteiger partial charge in [-0.15, -0.1) is 0 Å². The Morgan fingerprint density at radius 3 is 2.76 bits per heavy atom. The average molecular weight is 284 g/mol. The number of benzene rings is 1. The van der Waals surface area contributed by atoms with Gasteiger partial charge in [-0.25, -0.2) is 0 Å². The summed E-state index contributed by atoms with van der Waals surface area (Å²) < 4.78 is 5.81. The third-order valence-electron chi connectivity index (χ3n) is 4.72. The SMILES string of the molecule is Cc1ccc(N2C[C@]34C=C[C@H](O3)[C@@H](C(=O)[O-])[C@@H]4C2=O)cc1. The highest BCUT2D eigenvalue weighted by Gasteiger charge is 2.65. The van der Waals surface area contributed by atoms with E-state index in [4.69, 9.17) is 4.74 Å². The van der Waals surface area contributed by atoms with Crippen LogP contribution in [-0.4, -0.2) is 30.1 Å². The van der Waals surface area contributed by atoms with Gasteiger partial charge >= 0.3 is 0 Å². The van der Waals surface area contributed by atoms with Crippen molar-refractivity contribution in [2.45, 2.75) is 18.6 Å². The van der Waals surface area contributed by atoms with E-state index in [1.54, 1.807) is 11.0 Å². The number of carboxylic acid groups (broad SMARTS) is 1. The highest BCUT2D eigenvalue weighted by atomic mass is 16.5. The number of hydrogen-bond donors (Lipinski definition) is 0. The average Bonchev–Trinajstić information content (AvgIpc) is 3.08. The number of carbonyl (C=O) groups excluding carboxylic acids is 2. The van der Waals surface area contributed by atoms with E-state index in [1.165, 1.54) is 0 Å². The minimum absolute atomic E-state index is 0.195. The summed E-state index contributed by atoms with van der Waals surface area (Å²) in [4.78, 5) is 25.7. The van der Waals surface area contributed by atoms with Crippen LogP contribution in [0.5, 0.6) is 0 Å². The fourth-order valence-corrected chi connectivity index (χ4v) is 3.71. The molecule has 0 unspecified atom stereocenters. The molecule has 3 aliphatic heterocycles. The Kier molecular flexibility index (Phi) is 2.37. The van der Waals surface area contributed by atoms with Crippen LogP contribution in [0.2, 0.25) is 0 Å². The largest absolute Gasteiger partial charge is 0.550 e. The van der Waals surface area contributed by atoms with E-state index in [2.05, 4.69) is 0 Å². The predicted octanol–water partition coefficient (Wildman–Crippen LogP) is 0.0313. The fraction of sp³-hybridized carbons (Fsp3) is 0.375. The quantitative estimate of drug-likeness (QED) is 0.719. The van der Waals surface area contributed by atoms with Gasteiger partial charge in [0.2, 0.25) is 5.91 Å². The smallest absolute Gasteiger partial charge is 0.234 e. The molecular weight excluding hydrogens is 270 g/mol. The van der Waals surface area contributed by atoms with Crippen LogP contribution in [-0.2, 0) is 14.3 Å². The first-order valence-corrected chi connectivity index (χ1v) is 6.98. The van der Waals surface area contributed by atoms with Crippen LogP contribution in [0.15, 0.2) is 36.4 Å². The lowest BCUT2D eigenvalue weighted by atomic mass is 9.77. The lowest BCUT2D eigenvalue weighted by molar-refractivity contribution is -0.313. The molecule has 0 N–H and O–H groups in total. The molecule has 4 atom stereocenters. The molecule has 4 rings (SSSR count). The van der Waals surface area contributed by atoms with Crippen molar-refractivity contribution in [2.75, 3.05) is 11.4 Å². The zero-order valence-corrected chi connectivity index (χ0v) is 11.5. The van der Waals surface area contributed by atoms with Gasteiger partial charge in [-0.3, -0.25) is 4.79 Å². The van der Waals surface area contributed by atoms with Gasteiger partial charge in [0.15, 0.2) is 0 Å². The minimum Gasteiger partial charge on any atom is -0.550 e. The number of nitrogens with zero attached hydrogens (tertiary/aromatic N) is 1. The third kappa shape index (κ3) is 1.55. The standard InChI is InChI=1S/C16H15NO4/c1-9-2-4-10(5-3-9)17-8-16-7-6-11(21-16)12(15(19)20)13(16)14(17)18/h2-7,11-13H,8H2,1H3,(H,19,20)/p-1/t11-,12+,13+,16-/m0/s1. The van der Waals surface area contributed by atoms with Gasteiger partial charge in [-0.1, -0.05) is 29.8 Å². The Hall–Kier alpha value is -2.14. The summed E-state index contributed by atoms with van der Waals surface area (Å²) in [6.07, 6.45) is 3.04. The molecule has 2 fully saturated rings. The second-order valence-corrected chi connectivity index (χ2v) is 5.98. The summed E-state index contributed by atoms with van der Waals surface area (Å²) in [5, 5.41) is 11.4. The molecule has 3 heterocycles. The summed E-state index contributed by atoms with van der Waals surface area (Å²) >= 11 is 0. The molecule has 0 radical (unpaired) electrons. The number of hydrogen-bond acceptors (Lipinski definition) is 4. The van der Waals surface area contributed by atoms with Crippen LogP contribution in [0.4, 0.5) is 5.69 Å². The van der Waals surface area contributed by atoms with Gasteiger partial charge in [0.1, 0.15) is 5.60 Å². The Labute approximate surface area is 121 Å². The number of aliphatic carboxylic acids is 1. The van der Waals surface area contributed by atoms with E-state index in [-0.39, 0.29) is 5.91 Å². The zero-order chi connectivity index (χ0) is 14.8. The molecule has 2 saturated heterocycles. The first-order chi connectivity index (χ1) is 10.0. The van der Waals surface area contributed by atoms with E-state index < -0.39 is 29.5 Å². The minimum atomic E-state index is -1.21. The van der Waals surface area contributed by atoms with Gasteiger partial charge in [0.05, 0.1) is 18.6 Å². The van der Waals surface area contributed by atoms with Crippen molar-refractivity contribution in [3.63, 3.8) is 0 Å². The lowest BCUT2D eigenvalue weighted by Crippen LogP contribution is -2.45. The number of fused-ring (bicyclic) bond motifs is 1. The molecule has 5 heteroatoms. The van der Waals surface area contributed by atoms with Crippen LogP contribution in [0.1, 0.15) is 5.56 Å². The first-order valence-electron chi connectivity index (χ1n) is 6.98. The van der Waals surface area contributed by atoms with E-state index in [0.717, 1.165) is 11.3 Å². The molecule has 0 aromatic heterocycles. The molecule has 1 amide bonds. The molecule has 1 aromatic rings. The maximum Gasteiger partial charge on any atom is 0.234 e. The number of rotatable bonds is 2.